The number of fused-ring (bicyclic) bond motifs is 5. The molecule has 0 fully saturated rings. The largest absolute Gasteiger partial charge is 0.473 e. The third-order valence-corrected chi connectivity index (χ3v) is 5.13. The first-order chi connectivity index (χ1) is 14.1. The van der Waals surface area contributed by atoms with Crippen LogP contribution in [0.5, 0.6) is 5.75 Å². The summed E-state index contributed by atoms with van der Waals surface area (Å²) >= 11 is 0. The summed E-state index contributed by atoms with van der Waals surface area (Å²) < 4.78 is 11.7. The number of rotatable bonds is 2. The maximum atomic E-state index is 12.5. The number of ether oxygens (including phenoxy) is 1. The molecule has 0 saturated heterocycles. The topological polar surface area (TPSA) is 71.8 Å². The van der Waals surface area contributed by atoms with E-state index in [0.29, 0.717) is 24.2 Å². The molecule has 29 heavy (non-hydrogen) atoms. The molecule has 5 rings (SSSR count). The normalized spacial score (nSPS) is 13.2. The van der Waals surface area contributed by atoms with Crippen molar-refractivity contribution in [1.29, 1.82) is 0 Å². The average molecular weight is 386 g/mol. The van der Waals surface area contributed by atoms with Crippen molar-refractivity contribution in [1.82, 2.24) is 0 Å². The van der Waals surface area contributed by atoms with Crippen LogP contribution in [0, 0.1) is 0 Å². The molecule has 0 saturated carbocycles. The number of hydrogen-bond donors (Lipinski definition) is 1. The van der Waals surface area contributed by atoms with Crippen LogP contribution in [0.15, 0.2) is 69.9 Å². The van der Waals surface area contributed by atoms with E-state index in [1.807, 2.05) is 54.6 Å². The van der Waals surface area contributed by atoms with Gasteiger partial charge in [0.05, 0.1) is 17.5 Å². The van der Waals surface area contributed by atoms with E-state index >= 15 is 0 Å². The van der Waals surface area contributed by atoms with Crippen molar-refractivity contribution in [3.63, 3.8) is 0 Å². The number of amides is 1. The van der Waals surface area contributed by atoms with Crippen LogP contribution in [0.25, 0.3) is 21.7 Å². The maximum absolute atomic E-state index is 12.5. The molecule has 2 heterocycles. The summed E-state index contributed by atoms with van der Waals surface area (Å²) in [6, 6.07) is 18.9. The molecular formula is C23H18N2O4. The number of nitrogens with one attached hydrogen (secondary N) is 1. The van der Waals surface area contributed by atoms with E-state index in [1.54, 1.807) is 6.07 Å². The number of nitrogens with zero attached hydrogens (tertiary/aromatic N) is 1. The molecule has 0 radical (unpaired) electrons. The van der Waals surface area contributed by atoms with Crippen molar-refractivity contribution < 1.29 is 13.9 Å². The fraction of sp³-hybridized carbons (Fsp3) is 0.130. The first-order valence-corrected chi connectivity index (χ1v) is 9.33. The highest BCUT2D eigenvalue weighted by atomic mass is 16.5. The summed E-state index contributed by atoms with van der Waals surface area (Å²) in [6.07, 6.45) is 0. The molecule has 6 heteroatoms. The van der Waals surface area contributed by atoms with Crippen LogP contribution in [0.3, 0.4) is 0 Å². The van der Waals surface area contributed by atoms with Crippen LogP contribution in [-0.4, -0.2) is 12.6 Å². The molecular weight excluding hydrogens is 368 g/mol. The summed E-state index contributed by atoms with van der Waals surface area (Å²) in [5.74, 6) is 0.615. The zero-order chi connectivity index (χ0) is 20.0. The molecule has 1 amide bonds. The number of carbonyl (C=O) groups is 1. The predicted molar refractivity (Wildman–Crippen MR) is 112 cm³/mol. The Morgan fingerprint density at radius 1 is 0.966 bits per heavy atom. The monoisotopic (exact) mass is 386 g/mol. The summed E-state index contributed by atoms with van der Waals surface area (Å²) in [5.41, 5.74) is 2.75. The maximum Gasteiger partial charge on any atom is 0.344 e. The van der Waals surface area contributed by atoms with Crippen molar-refractivity contribution in [2.75, 3.05) is 16.9 Å². The van der Waals surface area contributed by atoms with Gasteiger partial charge in [-0.1, -0.05) is 18.2 Å². The van der Waals surface area contributed by atoms with Crippen LogP contribution in [-0.2, 0) is 11.3 Å². The lowest BCUT2D eigenvalue weighted by Crippen LogP contribution is -2.32. The quantitative estimate of drug-likeness (QED) is 0.412. The molecule has 0 aliphatic carbocycles. The van der Waals surface area contributed by atoms with Crippen LogP contribution in [0.1, 0.15) is 12.5 Å². The molecule has 1 N–H and O–H groups in total. The fourth-order valence-corrected chi connectivity index (χ4v) is 3.78. The van der Waals surface area contributed by atoms with Crippen molar-refractivity contribution in [2.24, 2.45) is 0 Å². The van der Waals surface area contributed by atoms with Crippen LogP contribution >= 0.6 is 0 Å². The number of hydrogen-bond acceptors (Lipinski definition) is 5. The van der Waals surface area contributed by atoms with Crippen LogP contribution < -0.4 is 20.6 Å². The Hall–Kier alpha value is -3.80. The first kappa shape index (κ1) is 17.3. The zero-order valence-corrected chi connectivity index (χ0v) is 15.8. The minimum atomic E-state index is -0.349. The Bertz CT molecular complexity index is 1310. The van der Waals surface area contributed by atoms with Gasteiger partial charge in [-0.2, -0.15) is 0 Å². The molecule has 4 aromatic rings. The van der Waals surface area contributed by atoms with Gasteiger partial charge in [-0.25, -0.2) is 4.79 Å². The smallest absolute Gasteiger partial charge is 0.344 e. The van der Waals surface area contributed by atoms with Gasteiger partial charge < -0.3 is 19.4 Å². The number of benzene rings is 3. The Morgan fingerprint density at radius 3 is 2.48 bits per heavy atom. The van der Waals surface area contributed by atoms with Gasteiger partial charge in [0, 0.05) is 23.7 Å². The van der Waals surface area contributed by atoms with Gasteiger partial charge in [0.2, 0.25) is 5.91 Å². The standard InChI is InChI=1S/C23H18N2O4/c1-14(26)24-15-6-8-16(9-7-15)25-12-20-21(28-13-25)11-10-18-17-4-2-3-5-19(17)23(27)29-22(18)20/h2-11H,12-13H2,1H3,(H,24,26). The van der Waals surface area contributed by atoms with E-state index in [0.717, 1.165) is 33.5 Å². The van der Waals surface area contributed by atoms with Crippen LogP contribution in [0.2, 0.25) is 0 Å². The van der Waals surface area contributed by atoms with E-state index in [9.17, 15) is 9.59 Å². The summed E-state index contributed by atoms with van der Waals surface area (Å²) in [4.78, 5) is 25.8. The average Bonchev–Trinajstić information content (AvgIpc) is 2.74. The predicted octanol–water partition coefficient (Wildman–Crippen LogP) is 4.26. The second-order valence-corrected chi connectivity index (χ2v) is 7.05. The third-order valence-electron chi connectivity index (χ3n) is 5.13. The molecule has 6 nitrogen and oxygen atoms in total. The van der Waals surface area contributed by atoms with Crippen molar-refractivity contribution in [2.45, 2.75) is 13.5 Å². The molecule has 1 aliphatic rings. The summed E-state index contributed by atoms with van der Waals surface area (Å²) in [7, 11) is 0. The second kappa shape index (κ2) is 6.67. The first-order valence-electron chi connectivity index (χ1n) is 9.33. The van der Waals surface area contributed by atoms with Crippen LogP contribution in [0.4, 0.5) is 11.4 Å². The van der Waals surface area contributed by atoms with Crippen molar-refractivity contribution in [3.8, 4) is 5.75 Å². The Labute approximate surface area is 166 Å². The van der Waals surface area contributed by atoms with E-state index in [-0.39, 0.29) is 11.5 Å². The minimum Gasteiger partial charge on any atom is -0.473 e. The van der Waals surface area contributed by atoms with Crippen molar-refractivity contribution in [3.05, 3.63) is 76.6 Å². The zero-order valence-electron chi connectivity index (χ0n) is 15.8. The second-order valence-electron chi connectivity index (χ2n) is 7.05. The highest BCUT2D eigenvalue weighted by molar-refractivity contribution is 6.05. The van der Waals surface area contributed by atoms with Gasteiger partial charge in [0.15, 0.2) is 6.73 Å². The van der Waals surface area contributed by atoms with Gasteiger partial charge in [0.1, 0.15) is 11.3 Å². The Balaban J connectivity index is 1.57. The molecule has 1 aliphatic heterocycles. The number of anilines is 2. The molecule has 0 atom stereocenters. The molecule has 1 aromatic heterocycles. The van der Waals surface area contributed by atoms with Gasteiger partial charge in [0.25, 0.3) is 0 Å². The molecule has 0 unspecified atom stereocenters. The highest BCUT2D eigenvalue weighted by Crippen LogP contribution is 2.36. The number of carbonyl (C=O) groups excluding carboxylic acids is 1. The van der Waals surface area contributed by atoms with E-state index < -0.39 is 0 Å². The van der Waals surface area contributed by atoms with Crippen molar-refractivity contribution >= 4 is 39.0 Å². The lowest BCUT2D eigenvalue weighted by Gasteiger charge is -2.31. The van der Waals surface area contributed by atoms with E-state index in [1.165, 1.54) is 6.92 Å². The fourth-order valence-electron chi connectivity index (χ4n) is 3.78. The molecule has 144 valence electrons. The van der Waals surface area contributed by atoms with Gasteiger partial charge in [-0.15, -0.1) is 0 Å². The summed E-state index contributed by atoms with van der Waals surface area (Å²) in [5, 5.41) is 5.10. The minimum absolute atomic E-state index is 0.110. The van der Waals surface area contributed by atoms with E-state index in [4.69, 9.17) is 9.15 Å². The lowest BCUT2D eigenvalue weighted by molar-refractivity contribution is -0.114. The van der Waals surface area contributed by atoms with E-state index in [2.05, 4.69) is 10.2 Å². The van der Waals surface area contributed by atoms with Gasteiger partial charge >= 0.3 is 5.63 Å². The Morgan fingerprint density at radius 2 is 1.72 bits per heavy atom. The van der Waals surface area contributed by atoms with Gasteiger partial charge in [-0.05, 0) is 47.9 Å². The Kier molecular flexibility index (Phi) is 3.98. The highest BCUT2D eigenvalue weighted by Gasteiger charge is 2.23. The lowest BCUT2D eigenvalue weighted by atomic mass is 10.0. The van der Waals surface area contributed by atoms with Gasteiger partial charge in [-0.3, -0.25) is 4.79 Å². The third kappa shape index (κ3) is 2.99. The molecule has 0 bridgehead atoms. The molecule has 3 aromatic carbocycles. The molecule has 0 spiro atoms. The summed E-state index contributed by atoms with van der Waals surface area (Å²) in [6.45, 7) is 2.41. The SMILES string of the molecule is CC(=O)Nc1ccc(N2COc3ccc4c(oc(=O)c5ccccc54)c3C2)cc1.